The number of benzene rings is 2. The van der Waals surface area contributed by atoms with Crippen LogP contribution >= 0.6 is 0 Å². The van der Waals surface area contributed by atoms with E-state index in [4.69, 9.17) is 4.74 Å². The summed E-state index contributed by atoms with van der Waals surface area (Å²) in [5, 5.41) is 10.7. The van der Waals surface area contributed by atoms with Gasteiger partial charge in [0.1, 0.15) is 11.9 Å². The molecule has 2 rings (SSSR count). The summed E-state index contributed by atoms with van der Waals surface area (Å²) < 4.78 is 29.7. The van der Waals surface area contributed by atoms with Crippen LogP contribution in [0.5, 0.6) is 5.75 Å². The molecule has 0 aliphatic carbocycles. The number of ether oxygens (including phenoxy) is 1. The summed E-state index contributed by atoms with van der Waals surface area (Å²) in [6.45, 7) is 4.95. The zero-order chi connectivity index (χ0) is 17.3. The van der Waals surface area contributed by atoms with Crippen molar-refractivity contribution in [1.29, 1.82) is 0 Å². The predicted octanol–water partition coefficient (Wildman–Crippen LogP) is 3.35. The van der Waals surface area contributed by atoms with Gasteiger partial charge in [-0.25, -0.2) is 8.42 Å². The van der Waals surface area contributed by atoms with Crippen LogP contribution < -0.4 is 4.74 Å². The Morgan fingerprint density at radius 3 is 2.09 bits per heavy atom. The van der Waals surface area contributed by atoms with Gasteiger partial charge in [-0.05, 0) is 44.5 Å². The number of rotatable bonds is 4. The highest BCUT2D eigenvalue weighted by atomic mass is 32.2. The van der Waals surface area contributed by atoms with Gasteiger partial charge in [0.05, 0.1) is 16.8 Å². The van der Waals surface area contributed by atoms with E-state index in [1.165, 1.54) is 0 Å². The molecule has 23 heavy (non-hydrogen) atoms. The molecule has 5 heteroatoms. The fraction of sp³-hybridized carbons (Fsp3) is 0.333. The minimum absolute atomic E-state index is 0.163. The normalized spacial score (nSPS) is 13.6. The maximum absolute atomic E-state index is 12.8. The number of hydrogen-bond acceptors (Lipinski definition) is 4. The SMILES string of the molecule is COc1ccc(C(O)c2ccccc2S(=O)(=O)C(C)(C)C)cc1. The van der Waals surface area contributed by atoms with Crippen LogP contribution in [-0.2, 0) is 9.84 Å². The van der Waals surface area contributed by atoms with Crippen molar-refractivity contribution in [3.05, 3.63) is 59.7 Å². The molecule has 1 unspecified atom stereocenters. The lowest BCUT2D eigenvalue weighted by Gasteiger charge is -2.23. The average molecular weight is 334 g/mol. The van der Waals surface area contributed by atoms with E-state index in [0.29, 0.717) is 16.9 Å². The summed E-state index contributed by atoms with van der Waals surface area (Å²) in [5.74, 6) is 0.677. The molecule has 0 aliphatic heterocycles. The zero-order valence-corrected chi connectivity index (χ0v) is 14.6. The molecule has 0 fully saturated rings. The molecule has 0 amide bonds. The molecule has 0 spiro atoms. The fourth-order valence-electron chi connectivity index (χ4n) is 2.25. The average Bonchev–Trinajstić information content (AvgIpc) is 2.53. The van der Waals surface area contributed by atoms with Crippen LogP contribution in [0.15, 0.2) is 53.4 Å². The predicted molar refractivity (Wildman–Crippen MR) is 90.4 cm³/mol. The van der Waals surface area contributed by atoms with Crippen molar-refractivity contribution < 1.29 is 18.3 Å². The lowest BCUT2D eigenvalue weighted by atomic mass is 10.0. The number of aliphatic hydroxyl groups excluding tert-OH is 1. The van der Waals surface area contributed by atoms with Crippen LogP contribution in [0.25, 0.3) is 0 Å². The van der Waals surface area contributed by atoms with Crippen molar-refractivity contribution in [3.63, 3.8) is 0 Å². The first-order chi connectivity index (χ1) is 10.7. The number of hydrogen-bond donors (Lipinski definition) is 1. The molecule has 0 saturated carbocycles. The third kappa shape index (κ3) is 3.41. The van der Waals surface area contributed by atoms with Gasteiger partial charge in [-0.1, -0.05) is 30.3 Å². The van der Waals surface area contributed by atoms with Gasteiger partial charge < -0.3 is 9.84 Å². The van der Waals surface area contributed by atoms with Gasteiger partial charge in [0.15, 0.2) is 9.84 Å². The summed E-state index contributed by atoms with van der Waals surface area (Å²) in [6.07, 6.45) is -1.02. The lowest BCUT2D eigenvalue weighted by Crippen LogP contribution is -2.29. The molecule has 1 N–H and O–H groups in total. The molecule has 0 aliphatic rings. The van der Waals surface area contributed by atoms with Crippen LogP contribution in [-0.4, -0.2) is 25.4 Å². The second-order valence-corrected chi connectivity index (χ2v) is 9.00. The van der Waals surface area contributed by atoms with Crippen LogP contribution in [0.1, 0.15) is 38.0 Å². The van der Waals surface area contributed by atoms with Gasteiger partial charge in [-0.15, -0.1) is 0 Å². The summed E-state index contributed by atoms with van der Waals surface area (Å²) in [4.78, 5) is 0.163. The van der Waals surface area contributed by atoms with E-state index in [1.807, 2.05) is 0 Å². The largest absolute Gasteiger partial charge is 0.497 e. The van der Waals surface area contributed by atoms with E-state index in [-0.39, 0.29) is 4.90 Å². The van der Waals surface area contributed by atoms with Gasteiger partial charge in [0, 0.05) is 5.56 Å². The number of methoxy groups -OCH3 is 1. The molecular formula is C18H22O4S. The Bertz CT molecular complexity index is 771. The van der Waals surface area contributed by atoms with Crippen LogP contribution in [0.4, 0.5) is 0 Å². The summed E-state index contributed by atoms with van der Waals surface area (Å²) in [7, 11) is -1.99. The first-order valence-corrected chi connectivity index (χ1v) is 8.82. The first kappa shape index (κ1) is 17.5. The van der Waals surface area contributed by atoms with Gasteiger partial charge >= 0.3 is 0 Å². The number of sulfone groups is 1. The number of aliphatic hydroxyl groups is 1. The molecule has 0 radical (unpaired) electrons. The van der Waals surface area contributed by atoms with Crippen LogP contribution in [0.3, 0.4) is 0 Å². The third-order valence-corrected chi connectivity index (χ3v) is 6.30. The second kappa shape index (κ2) is 6.34. The molecule has 0 heterocycles. The van der Waals surface area contributed by atoms with Gasteiger partial charge in [0.25, 0.3) is 0 Å². The van der Waals surface area contributed by atoms with E-state index in [2.05, 4.69) is 0 Å². The van der Waals surface area contributed by atoms with Crippen molar-refractivity contribution in [2.24, 2.45) is 0 Å². The second-order valence-electron chi connectivity index (χ2n) is 6.33. The molecule has 0 saturated heterocycles. The van der Waals surface area contributed by atoms with E-state index in [9.17, 15) is 13.5 Å². The van der Waals surface area contributed by atoms with Gasteiger partial charge in [-0.3, -0.25) is 0 Å². The highest BCUT2D eigenvalue weighted by molar-refractivity contribution is 7.92. The molecule has 0 bridgehead atoms. The lowest BCUT2D eigenvalue weighted by molar-refractivity contribution is 0.217. The minimum atomic E-state index is -3.56. The van der Waals surface area contributed by atoms with Crippen LogP contribution in [0, 0.1) is 0 Å². The van der Waals surface area contributed by atoms with Gasteiger partial charge in [0.2, 0.25) is 0 Å². The standard InChI is InChI=1S/C18H22O4S/c1-18(2,3)23(20,21)16-8-6-5-7-15(16)17(19)13-9-11-14(22-4)12-10-13/h5-12,17,19H,1-4H3. The van der Waals surface area contributed by atoms with Crippen molar-refractivity contribution in [2.75, 3.05) is 7.11 Å². The Morgan fingerprint density at radius 1 is 1.00 bits per heavy atom. The summed E-state index contributed by atoms with van der Waals surface area (Å²) in [5.41, 5.74) is 0.995. The fourth-order valence-corrected chi connectivity index (χ4v) is 3.65. The highest BCUT2D eigenvalue weighted by Gasteiger charge is 2.34. The maximum atomic E-state index is 12.8. The van der Waals surface area contributed by atoms with Gasteiger partial charge in [-0.2, -0.15) is 0 Å². The Hall–Kier alpha value is -1.85. The van der Waals surface area contributed by atoms with Crippen molar-refractivity contribution in [3.8, 4) is 5.75 Å². The molecule has 1 atom stereocenters. The van der Waals surface area contributed by atoms with Crippen molar-refractivity contribution >= 4 is 9.84 Å². The quantitative estimate of drug-likeness (QED) is 0.931. The zero-order valence-electron chi connectivity index (χ0n) is 13.8. The first-order valence-electron chi connectivity index (χ1n) is 7.34. The minimum Gasteiger partial charge on any atom is -0.497 e. The molecular weight excluding hydrogens is 312 g/mol. The van der Waals surface area contributed by atoms with Crippen molar-refractivity contribution in [1.82, 2.24) is 0 Å². The monoisotopic (exact) mass is 334 g/mol. The maximum Gasteiger partial charge on any atom is 0.183 e. The summed E-state index contributed by atoms with van der Waals surface area (Å²) in [6, 6.07) is 13.5. The molecule has 2 aromatic carbocycles. The van der Waals surface area contributed by atoms with E-state index >= 15 is 0 Å². The van der Waals surface area contributed by atoms with E-state index in [1.54, 1.807) is 76.4 Å². The Balaban J connectivity index is 2.52. The Labute approximate surface area is 137 Å². The van der Waals surface area contributed by atoms with E-state index in [0.717, 1.165) is 0 Å². The molecule has 124 valence electrons. The molecule has 2 aromatic rings. The molecule has 4 nitrogen and oxygen atoms in total. The molecule has 0 aromatic heterocycles. The van der Waals surface area contributed by atoms with Crippen LogP contribution in [0.2, 0.25) is 0 Å². The smallest absolute Gasteiger partial charge is 0.183 e. The third-order valence-electron chi connectivity index (χ3n) is 3.74. The topological polar surface area (TPSA) is 63.6 Å². The Morgan fingerprint density at radius 2 is 1.57 bits per heavy atom. The summed E-state index contributed by atoms with van der Waals surface area (Å²) >= 11 is 0. The van der Waals surface area contributed by atoms with Crippen molar-refractivity contribution in [2.45, 2.75) is 36.5 Å². The van der Waals surface area contributed by atoms with E-state index < -0.39 is 20.7 Å². The Kier molecular flexibility index (Phi) is 4.82. The highest BCUT2D eigenvalue weighted by Crippen LogP contribution is 2.33.